The highest BCUT2D eigenvalue weighted by Gasteiger charge is 2.17. The van der Waals surface area contributed by atoms with Crippen molar-refractivity contribution in [1.82, 2.24) is 0 Å². The van der Waals surface area contributed by atoms with Gasteiger partial charge in [0.05, 0.1) is 0 Å². The Labute approximate surface area is 102 Å². The van der Waals surface area contributed by atoms with E-state index in [4.69, 9.17) is 5.73 Å². The highest BCUT2D eigenvalue weighted by Crippen LogP contribution is 2.35. The maximum Gasteiger partial charge on any atom is 0.127 e. The Kier molecular flexibility index (Phi) is 4.39. The molecule has 0 aromatic heterocycles. The molecular formula is C13H20FNS. The fourth-order valence-corrected chi connectivity index (χ4v) is 2.59. The van der Waals surface area contributed by atoms with Crippen LogP contribution in [-0.4, -0.2) is 10.8 Å². The van der Waals surface area contributed by atoms with Crippen LogP contribution in [0.2, 0.25) is 0 Å². The maximum atomic E-state index is 13.7. The lowest BCUT2D eigenvalue weighted by molar-refractivity contribution is 0.588. The molecular weight excluding hydrogens is 221 g/mol. The zero-order valence-corrected chi connectivity index (χ0v) is 11.2. The van der Waals surface area contributed by atoms with Crippen molar-refractivity contribution in [2.75, 3.05) is 0 Å². The summed E-state index contributed by atoms with van der Waals surface area (Å²) in [6, 6.07) is 5.21. The van der Waals surface area contributed by atoms with Crippen LogP contribution in [0.1, 0.15) is 33.3 Å². The summed E-state index contributed by atoms with van der Waals surface area (Å²) < 4.78 is 13.8. The van der Waals surface area contributed by atoms with Gasteiger partial charge in [-0.3, -0.25) is 0 Å². The van der Waals surface area contributed by atoms with Crippen molar-refractivity contribution in [3.63, 3.8) is 0 Å². The third-order valence-electron chi connectivity index (χ3n) is 2.02. The van der Waals surface area contributed by atoms with E-state index < -0.39 is 0 Å². The predicted molar refractivity (Wildman–Crippen MR) is 69.4 cm³/mol. The van der Waals surface area contributed by atoms with Gasteiger partial charge in [0.15, 0.2) is 0 Å². The minimum atomic E-state index is -0.147. The smallest absolute Gasteiger partial charge is 0.127 e. The molecule has 1 aromatic rings. The number of nitrogens with two attached hydrogens (primary N) is 1. The lowest BCUT2D eigenvalue weighted by Gasteiger charge is -2.20. The Morgan fingerprint density at radius 1 is 1.38 bits per heavy atom. The first-order valence-corrected chi connectivity index (χ1v) is 6.33. The van der Waals surface area contributed by atoms with Crippen LogP contribution in [0.15, 0.2) is 23.1 Å². The first-order chi connectivity index (χ1) is 7.29. The van der Waals surface area contributed by atoms with E-state index in [1.807, 2.05) is 13.0 Å². The second-order valence-corrected chi connectivity index (χ2v) is 6.98. The average Bonchev–Trinajstić information content (AvgIpc) is 2.08. The van der Waals surface area contributed by atoms with Gasteiger partial charge in [0.2, 0.25) is 0 Å². The van der Waals surface area contributed by atoms with Gasteiger partial charge < -0.3 is 5.73 Å². The number of hydrogen-bond acceptors (Lipinski definition) is 2. The van der Waals surface area contributed by atoms with Gasteiger partial charge in [-0.05, 0) is 25.5 Å². The van der Waals surface area contributed by atoms with Crippen LogP contribution in [0.5, 0.6) is 0 Å². The standard InChI is InChI=1S/C13H20FNS/c1-9(15)8-10-11(14)6-5-7-12(10)16-13(2,3)4/h5-7,9H,8,15H2,1-4H3. The molecule has 0 saturated heterocycles. The van der Waals surface area contributed by atoms with E-state index in [0.717, 1.165) is 10.5 Å². The van der Waals surface area contributed by atoms with Crippen LogP contribution < -0.4 is 5.73 Å². The number of thioether (sulfide) groups is 1. The first-order valence-electron chi connectivity index (χ1n) is 5.51. The average molecular weight is 241 g/mol. The number of hydrogen-bond donors (Lipinski definition) is 1. The Hall–Kier alpha value is -0.540. The van der Waals surface area contributed by atoms with Gasteiger partial charge >= 0.3 is 0 Å². The van der Waals surface area contributed by atoms with Crippen LogP contribution in [-0.2, 0) is 6.42 Å². The summed E-state index contributed by atoms with van der Waals surface area (Å²) in [6.45, 7) is 8.27. The number of benzene rings is 1. The molecule has 3 heteroatoms. The highest BCUT2D eigenvalue weighted by atomic mass is 32.2. The van der Waals surface area contributed by atoms with Gasteiger partial charge in [0, 0.05) is 21.2 Å². The zero-order valence-electron chi connectivity index (χ0n) is 10.4. The summed E-state index contributed by atoms with van der Waals surface area (Å²) in [5.41, 5.74) is 6.50. The second kappa shape index (κ2) is 5.19. The van der Waals surface area contributed by atoms with E-state index in [0.29, 0.717) is 6.42 Å². The van der Waals surface area contributed by atoms with E-state index in [-0.39, 0.29) is 16.6 Å². The Bertz CT molecular complexity index is 355. The Balaban J connectivity index is 3.03. The van der Waals surface area contributed by atoms with Gasteiger partial charge in [-0.1, -0.05) is 26.8 Å². The third-order valence-corrected chi connectivity index (χ3v) is 3.23. The molecule has 1 aromatic carbocycles. The summed E-state index contributed by atoms with van der Waals surface area (Å²) in [4.78, 5) is 1.00. The normalized spacial score (nSPS) is 13.9. The Morgan fingerprint density at radius 3 is 2.50 bits per heavy atom. The monoisotopic (exact) mass is 241 g/mol. The van der Waals surface area contributed by atoms with Crippen LogP contribution in [0.4, 0.5) is 4.39 Å². The summed E-state index contributed by atoms with van der Waals surface area (Å²) in [5.74, 6) is -0.147. The maximum absolute atomic E-state index is 13.7. The van der Waals surface area contributed by atoms with Gasteiger partial charge in [-0.25, -0.2) is 4.39 Å². The number of halogens is 1. The molecule has 1 nitrogen and oxygen atoms in total. The molecule has 0 fully saturated rings. The summed E-state index contributed by atoms with van der Waals surface area (Å²) >= 11 is 1.69. The molecule has 0 radical (unpaired) electrons. The lowest BCUT2D eigenvalue weighted by atomic mass is 10.1. The van der Waals surface area contributed by atoms with Crippen LogP contribution in [0.3, 0.4) is 0 Å². The molecule has 0 saturated carbocycles. The molecule has 0 aliphatic heterocycles. The fraction of sp³-hybridized carbons (Fsp3) is 0.538. The van der Waals surface area contributed by atoms with Crippen LogP contribution >= 0.6 is 11.8 Å². The van der Waals surface area contributed by atoms with Crippen molar-refractivity contribution >= 4 is 11.8 Å². The molecule has 16 heavy (non-hydrogen) atoms. The van der Waals surface area contributed by atoms with Crippen molar-refractivity contribution in [1.29, 1.82) is 0 Å². The van der Waals surface area contributed by atoms with Gasteiger partial charge in [0.1, 0.15) is 5.82 Å². The van der Waals surface area contributed by atoms with E-state index in [2.05, 4.69) is 20.8 Å². The molecule has 0 aliphatic rings. The van der Waals surface area contributed by atoms with E-state index in [1.165, 1.54) is 6.07 Å². The van der Waals surface area contributed by atoms with Crippen LogP contribution in [0.25, 0.3) is 0 Å². The van der Waals surface area contributed by atoms with E-state index in [1.54, 1.807) is 17.8 Å². The van der Waals surface area contributed by atoms with E-state index in [9.17, 15) is 4.39 Å². The van der Waals surface area contributed by atoms with Crippen molar-refractivity contribution in [3.05, 3.63) is 29.6 Å². The summed E-state index contributed by atoms with van der Waals surface area (Å²) in [6.07, 6.45) is 0.588. The second-order valence-electron chi connectivity index (χ2n) is 5.11. The van der Waals surface area contributed by atoms with Crippen molar-refractivity contribution in [3.8, 4) is 0 Å². The lowest BCUT2D eigenvalue weighted by Crippen LogP contribution is -2.19. The molecule has 1 unspecified atom stereocenters. The Morgan fingerprint density at radius 2 is 2.00 bits per heavy atom. The molecule has 0 spiro atoms. The molecule has 1 rings (SSSR count). The highest BCUT2D eigenvalue weighted by molar-refractivity contribution is 8.00. The van der Waals surface area contributed by atoms with E-state index >= 15 is 0 Å². The van der Waals surface area contributed by atoms with Gasteiger partial charge in [-0.2, -0.15) is 0 Å². The van der Waals surface area contributed by atoms with Gasteiger partial charge in [0.25, 0.3) is 0 Å². The molecule has 90 valence electrons. The largest absolute Gasteiger partial charge is 0.328 e. The van der Waals surface area contributed by atoms with Gasteiger partial charge in [-0.15, -0.1) is 11.8 Å². The molecule has 0 aliphatic carbocycles. The first kappa shape index (κ1) is 13.5. The molecule has 1 atom stereocenters. The minimum absolute atomic E-state index is 0.0174. The topological polar surface area (TPSA) is 26.0 Å². The SMILES string of the molecule is CC(N)Cc1c(F)cccc1SC(C)(C)C. The minimum Gasteiger partial charge on any atom is -0.328 e. The fourth-order valence-electron chi connectivity index (χ4n) is 1.48. The number of rotatable bonds is 3. The van der Waals surface area contributed by atoms with Crippen molar-refractivity contribution in [2.45, 2.75) is 49.8 Å². The molecule has 0 amide bonds. The summed E-state index contributed by atoms with van der Waals surface area (Å²) in [7, 11) is 0. The van der Waals surface area contributed by atoms with Crippen molar-refractivity contribution in [2.24, 2.45) is 5.73 Å². The summed E-state index contributed by atoms with van der Waals surface area (Å²) in [5, 5.41) is 0. The van der Waals surface area contributed by atoms with Crippen molar-refractivity contribution < 1.29 is 4.39 Å². The molecule has 0 bridgehead atoms. The predicted octanol–water partition coefficient (Wildman–Crippen LogP) is 3.61. The molecule has 2 N–H and O–H groups in total. The zero-order chi connectivity index (χ0) is 12.3. The van der Waals surface area contributed by atoms with Crippen LogP contribution in [0, 0.1) is 5.82 Å². The molecule has 0 heterocycles. The quantitative estimate of drug-likeness (QED) is 0.818. The third kappa shape index (κ3) is 4.14.